The van der Waals surface area contributed by atoms with Crippen molar-refractivity contribution in [1.82, 2.24) is 15.5 Å². The first-order chi connectivity index (χ1) is 12.3. The number of phenols is 1. The van der Waals surface area contributed by atoms with Crippen LogP contribution in [0.25, 0.3) is 0 Å². The summed E-state index contributed by atoms with van der Waals surface area (Å²) < 4.78 is 5.71. The van der Waals surface area contributed by atoms with E-state index in [9.17, 15) is 15.0 Å². The molecule has 7 heteroatoms. The number of benzene rings is 1. The number of phenolic OH excluding ortho intramolecular Hbond substituents is 1. The van der Waals surface area contributed by atoms with Crippen molar-refractivity contribution >= 4 is 6.03 Å². The summed E-state index contributed by atoms with van der Waals surface area (Å²) in [4.78, 5) is 14.3. The lowest BCUT2D eigenvalue weighted by molar-refractivity contribution is -0.0679. The number of carbonyl (C=O) groups is 1. The minimum atomic E-state index is -0.835. The average Bonchev–Trinajstić information content (AvgIpc) is 2.58. The Morgan fingerprint density at radius 1 is 1.27 bits per heavy atom. The van der Waals surface area contributed by atoms with Crippen LogP contribution in [0.1, 0.15) is 38.9 Å². The molecule has 4 N–H and O–H groups in total. The molecule has 4 atom stereocenters. The van der Waals surface area contributed by atoms with Crippen LogP contribution < -0.4 is 10.6 Å². The van der Waals surface area contributed by atoms with Crippen LogP contribution in [0.5, 0.6) is 5.75 Å². The normalized spacial score (nSPS) is 23.2. The van der Waals surface area contributed by atoms with Gasteiger partial charge in [-0.05, 0) is 44.9 Å². The van der Waals surface area contributed by atoms with Crippen LogP contribution in [0.3, 0.4) is 0 Å². The molecular formula is C19H31N3O4. The molecule has 2 amide bonds. The Morgan fingerprint density at radius 3 is 2.50 bits per heavy atom. The monoisotopic (exact) mass is 365 g/mol. The first kappa shape index (κ1) is 20.5. The predicted molar refractivity (Wildman–Crippen MR) is 100 cm³/mol. The van der Waals surface area contributed by atoms with Crippen molar-refractivity contribution in [2.45, 2.75) is 51.5 Å². The van der Waals surface area contributed by atoms with Crippen LogP contribution in [0, 0.1) is 0 Å². The highest BCUT2D eigenvalue weighted by molar-refractivity contribution is 5.74. The lowest BCUT2D eigenvalue weighted by Crippen LogP contribution is -2.47. The van der Waals surface area contributed by atoms with Gasteiger partial charge in [-0.3, -0.25) is 4.90 Å². The zero-order valence-electron chi connectivity index (χ0n) is 15.8. The van der Waals surface area contributed by atoms with Gasteiger partial charge in [-0.25, -0.2) is 4.79 Å². The molecule has 1 heterocycles. The first-order valence-corrected chi connectivity index (χ1v) is 9.24. The summed E-state index contributed by atoms with van der Waals surface area (Å²) in [6, 6.07) is 5.57. The third-order valence-corrected chi connectivity index (χ3v) is 4.50. The van der Waals surface area contributed by atoms with Gasteiger partial charge >= 0.3 is 6.03 Å². The van der Waals surface area contributed by atoms with Gasteiger partial charge in [0.05, 0.1) is 24.4 Å². The Kier molecular flexibility index (Phi) is 7.68. The van der Waals surface area contributed by atoms with Crippen LogP contribution in [-0.4, -0.2) is 65.6 Å². The fourth-order valence-corrected chi connectivity index (χ4v) is 3.27. The fraction of sp³-hybridized carbons (Fsp3) is 0.632. The topological polar surface area (TPSA) is 94.1 Å². The number of aliphatic hydroxyl groups excluding tert-OH is 1. The van der Waals surface area contributed by atoms with E-state index in [0.717, 1.165) is 26.1 Å². The van der Waals surface area contributed by atoms with E-state index in [4.69, 9.17) is 4.74 Å². The van der Waals surface area contributed by atoms with Gasteiger partial charge in [-0.15, -0.1) is 0 Å². The van der Waals surface area contributed by atoms with E-state index in [-0.39, 0.29) is 24.0 Å². The van der Waals surface area contributed by atoms with Crippen LogP contribution in [0.15, 0.2) is 24.3 Å². The summed E-state index contributed by atoms with van der Waals surface area (Å²) in [5.74, 6) is 0.142. The first-order valence-electron chi connectivity index (χ1n) is 9.24. The maximum Gasteiger partial charge on any atom is 0.315 e. The highest BCUT2D eigenvalue weighted by Gasteiger charge is 2.22. The van der Waals surface area contributed by atoms with Crippen molar-refractivity contribution in [2.24, 2.45) is 0 Å². The Morgan fingerprint density at radius 2 is 1.88 bits per heavy atom. The number of amides is 2. The highest BCUT2D eigenvalue weighted by Crippen LogP contribution is 2.19. The molecule has 0 radical (unpaired) electrons. The van der Waals surface area contributed by atoms with Gasteiger partial charge in [0, 0.05) is 26.2 Å². The smallest absolute Gasteiger partial charge is 0.315 e. The number of morpholine rings is 1. The summed E-state index contributed by atoms with van der Waals surface area (Å²) in [6.45, 7) is 9.24. The molecule has 0 spiro atoms. The summed E-state index contributed by atoms with van der Waals surface area (Å²) in [7, 11) is 0. The third kappa shape index (κ3) is 6.48. The number of aromatic hydroxyl groups is 1. The Hall–Kier alpha value is -1.83. The average molecular weight is 365 g/mol. The molecule has 146 valence electrons. The third-order valence-electron chi connectivity index (χ3n) is 4.50. The van der Waals surface area contributed by atoms with Crippen molar-refractivity contribution in [3.63, 3.8) is 0 Å². The minimum absolute atomic E-state index is 0.142. The van der Waals surface area contributed by atoms with E-state index < -0.39 is 12.1 Å². The van der Waals surface area contributed by atoms with Gasteiger partial charge in [0.25, 0.3) is 0 Å². The minimum Gasteiger partial charge on any atom is -0.508 e. The predicted octanol–water partition coefficient (Wildman–Crippen LogP) is 1.61. The fourth-order valence-electron chi connectivity index (χ4n) is 3.27. The lowest BCUT2D eigenvalue weighted by atomic mass is 10.0. The van der Waals surface area contributed by atoms with Crippen molar-refractivity contribution in [3.8, 4) is 5.75 Å². The molecule has 7 nitrogen and oxygen atoms in total. The molecule has 26 heavy (non-hydrogen) atoms. The molecule has 2 rings (SSSR count). The summed E-state index contributed by atoms with van der Waals surface area (Å²) >= 11 is 0. The maximum absolute atomic E-state index is 12.0. The SMILES string of the molecule is C[C@@H]1CN(CCCNC(=O)N[C@H](C)[C@@H](O)c2ccc(O)cc2)C[C@H](C)O1. The molecule has 1 aliphatic rings. The number of hydrogen-bond acceptors (Lipinski definition) is 5. The number of nitrogens with one attached hydrogen (secondary N) is 2. The second-order valence-electron chi connectivity index (χ2n) is 7.10. The molecule has 1 aromatic carbocycles. The van der Waals surface area contributed by atoms with E-state index in [1.165, 1.54) is 12.1 Å². The lowest BCUT2D eigenvalue weighted by Gasteiger charge is -2.35. The summed E-state index contributed by atoms with van der Waals surface area (Å²) in [6.07, 6.45) is 0.522. The zero-order chi connectivity index (χ0) is 19.1. The van der Waals surface area contributed by atoms with E-state index in [1.54, 1.807) is 19.1 Å². The number of nitrogens with zero attached hydrogens (tertiary/aromatic N) is 1. The van der Waals surface area contributed by atoms with Crippen molar-refractivity contribution < 1.29 is 19.7 Å². The largest absolute Gasteiger partial charge is 0.508 e. The van der Waals surface area contributed by atoms with E-state index in [0.29, 0.717) is 12.1 Å². The van der Waals surface area contributed by atoms with Gasteiger partial charge in [-0.2, -0.15) is 0 Å². The van der Waals surface area contributed by atoms with Gasteiger partial charge in [-0.1, -0.05) is 12.1 Å². The number of ether oxygens (including phenoxy) is 1. The quantitative estimate of drug-likeness (QED) is 0.551. The van der Waals surface area contributed by atoms with E-state index in [1.807, 2.05) is 0 Å². The van der Waals surface area contributed by atoms with Gasteiger partial charge in [0.2, 0.25) is 0 Å². The van der Waals surface area contributed by atoms with Crippen molar-refractivity contribution in [1.29, 1.82) is 0 Å². The van der Waals surface area contributed by atoms with Gasteiger partial charge < -0.3 is 25.6 Å². The Bertz CT molecular complexity index is 556. The molecule has 0 aliphatic carbocycles. The van der Waals surface area contributed by atoms with Crippen LogP contribution in [0.2, 0.25) is 0 Å². The molecule has 0 bridgehead atoms. The van der Waals surface area contributed by atoms with E-state index >= 15 is 0 Å². The molecule has 0 saturated carbocycles. The summed E-state index contributed by atoms with van der Waals surface area (Å²) in [5, 5.41) is 25.2. The van der Waals surface area contributed by atoms with Crippen molar-refractivity contribution in [3.05, 3.63) is 29.8 Å². The van der Waals surface area contributed by atoms with Gasteiger partial charge in [0.1, 0.15) is 5.75 Å². The molecule has 0 unspecified atom stereocenters. The highest BCUT2D eigenvalue weighted by atomic mass is 16.5. The Balaban J connectivity index is 1.65. The zero-order valence-corrected chi connectivity index (χ0v) is 15.8. The Labute approximate surface area is 155 Å². The van der Waals surface area contributed by atoms with Crippen LogP contribution in [0.4, 0.5) is 4.79 Å². The molecule has 1 fully saturated rings. The molecule has 1 aliphatic heterocycles. The number of carbonyl (C=O) groups excluding carboxylic acids is 1. The molecular weight excluding hydrogens is 334 g/mol. The van der Waals surface area contributed by atoms with Crippen LogP contribution in [-0.2, 0) is 4.74 Å². The second kappa shape index (κ2) is 9.75. The van der Waals surface area contributed by atoms with Crippen molar-refractivity contribution in [2.75, 3.05) is 26.2 Å². The van der Waals surface area contributed by atoms with Gasteiger partial charge in [0.15, 0.2) is 0 Å². The summed E-state index contributed by atoms with van der Waals surface area (Å²) in [5.41, 5.74) is 0.645. The van der Waals surface area contributed by atoms with E-state index in [2.05, 4.69) is 29.4 Å². The number of aliphatic hydroxyl groups is 1. The number of hydrogen-bond donors (Lipinski definition) is 4. The maximum atomic E-state index is 12.0. The molecule has 0 aromatic heterocycles. The van der Waals surface area contributed by atoms with Crippen LogP contribution >= 0.6 is 0 Å². The standard InChI is InChI=1S/C19H31N3O4/c1-13-11-22(12-14(2)26-13)10-4-9-20-19(25)21-15(3)18(24)16-5-7-17(23)8-6-16/h5-8,13-15,18,23-24H,4,9-12H2,1-3H3,(H2,20,21,25)/t13-,14+,15-,18-/m1/s1. The number of rotatable bonds is 7. The molecule has 1 saturated heterocycles. The molecule has 1 aromatic rings. The number of urea groups is 1. The second-order valence-corrected chi connectivity index (χ2v) is 7.10.